The van der Waals surface area contributed by atoms with Crippen molar-refractivity contribution in [3.05, 3.63) is 107 Å². The van der Waals surface area contributed by atoms with Crippen molar-refractivity contribution in [1.82, 2.24) is 25.5 Å². The largest absolute Gasteiger partial charge is 0.464 e. The van der Waals surface area contributed by atoms with E-state index in [-0.39, 0.29) is 18.9 Å². The van der Waals surface area contributed by atoms with E-state index in [4.69, 9.17) is 4.42 Å². The maximum absolute atomic E-state index is 13.8. The monoisotopic (exact) mass is 530 g/mol. The van der Waals surface area contributed by atoms with Crippen LogP contribution in [0.5, 0.6) is 0 Å². The lowest BCUT2D eigenvalue weighted by atomic mass is 10.1. The lowest BCUT2D eigenvalue weighted by Gasteiger charge is -2.29. The Balaban J connectivity index is 1.46. The molecule has 1 N–H and O–H groups in total. The number of aryl methyl sites for hydroxylation is 1. The van der Waals surface area contributed by atoms with Gasteiger partial charge in [0.2, 0.25) is 5.82 Å². The molecular formula is C27H23FN6O3S. The van der Waals surface area contributed by atoms with Gasteiger partial charge in [-0.05, 0) is 65.5 Å². The zero-order valence-corrected chi connectivity index (χ0v) is 21.1. The van der Waals surface area contributed by atoms with E-state index in [2.05, 4.69) is 20.7 Å². The van der Waals surface area contributed by atoms with E-state index in [1.807, 2.05) is 23.6 Å². The molecule has 192 valence electrons. The molecule has 0 fully saturated rings. The number of carbonyl (C=O) groups excluding carboxylic acids is 2. The van der Waals surface area contributed by atoms with E-state index in [1.165, 1.54) is 33.2 Å². The summed E-state index contributed by atoms with van der Waals surface area (Å²) in [5.74, 6) is 0.0228. The van der Waals surface area contributed by atoms with Gasteiger partial charge in [0.05, 0.1) is 4.88 Å². The molecule has 0 aliphatic rings. The van der Waals surface area contributed by atoms with Crippen LogP contribution in [0, 0.1) is 12.7 Å². The first kappa shape index (κ1) is 25.0. The molecule has 1 unspecified atom stereocenters. The van der Waals surface area contributed by atoms with Gasteiger partial charge in [-0.1, -0.05) is 36.4 Å². The minimum Gasteiger partial charge on any atom is -0.464 e. The molecule has 11 heteroatoms. The van der Waals surface area contributed by atoms with E-state index < -0.39 is 17.9 Å². The van der Waals surface area contributed by atoms with Gasteiger partial charge in [0, 0.05) is 12.2 Å². The number of halogens is 1. The first-order valence-electron chi connectivity index (χ1n) is 11.8. The zero-order valence-electron chi connectivity index (χ0n) is 20.3. The molecule has 9 nitrogen and oxygen atoms in total. The number of nitrogens with one attached hydrogen (secondary N) is 1. The molecule has 3 heterocycles. The minimum absolute atomic E-state index is 0.140. The van der Waals surface area contributed by atoms with Gasteiger partial charge in [0.1, 0.15) is 23.9 Å². The smallest absolute Gasteiger partial charge is 0.251 e. The van der Waals surface area contributed by atoms with Crippen molar-refractivity contribution < 1.29 is 18.4 Å². The van der Waals surface area contributed by atoms with Crippen molar-refractivity contribution in [2.75, 3.05) is 4.90 Å². The van der Waals surface area contributed by atoms with Gasteiger partial charge in [-0.25, -0.2) is 4.39 Å². The van der Waals surface area contributed by atoms with Gasteiger partial charge in [-0.15, -0.1) is 21.5 Å². The van der Waals surface area contributed by atoms with Crippen LogP contribution in [0.4, 0.5) is 10.1 Å². The summed E-state index contributed by atoms with van der Waals surface area (Å²) in [6.07, 6.45) is 0. The van der Waals surface area contributed by atoms with Gasteiger partial charge in [-0.3, -0.25) is 14.5 Å². The van der Waals surface area contributed by atoms with Gasteiger partial charge in [0.25, 0.3) is 11.8 Å². The van der Waals surface area contributed by atoms with Crippen LogP contribution in [0.1, 0.15) is 23.1 Å². The second-order valence-corrected chi connectivity index (χ2v) is 9.36. The average Bonchev–Trinajstić information content (AvgIpc) is 3.70. The first-order valence-corrected chi connectivity index (χ1v) is 12.6. The van der Waals surface area contributed by atoms with E-state index in [1.54, 1.807) is 55.5 Å². The second kappa shape index (κ2) is 11.2. The Morgan fingerprint density at radius 2 is 1.84 bits per heavy atom. The molecule has 3 aromatic heterocycles. The van der Waals surface area contributed by atoms with Gasteiger partial charge < -0.3 is 9.73 Å². The number of thiophene rings is 1. The van der Waals surface area contributed by atoms with Gasteiger partial charge in [-0.2, -0.15) is 4.80 Å². The molecule has 1 atom stereocenters. The van der Waals surface area contributed by atoms with Crippen molar-refractivity contribution in [2.45, 2.75) is 26.1 Å². The van der Waals surface area contributed by atoms with Crippen LogP contribution in [0.3, 0.4) is 0 Å². The lowest BCUT2D eigenvalue weighted by Crippen LogP contribution is -2.45. The maximum atomic E-state index is 13.8. The number of benzene rings is 2. The summed E-state index contributed by atoms with van der Waals surface area (Å²) in [5, 5.41) is 17.2. The van der Waals surface area contributed by atoms with Crippen molar-refractivity contribution in [3.63, 3.8) is 0 Å². The first-order chi connectivity index (χ1) is 18.5. The number of nitrogens with zero attached hydrogens (tertiary/aromatic N) is 5. The summed E-state index contributed by atoms with van der Waals surface area (Å²) in [6.45, 7) is 1.65. The third kappa shape index (κ3) is 5.68. The van der Waals surface area contributed by atoms with Crippen LogP contribution in [0.2, 0.25) is 0 Å². The summed E-state index contributed by atoms with van der Waals surface area (Å²) in [7, 11) is 0. The summed E-state index contributed by atoms with van der Waals surface area (Å²) in [5.41, 5.74) is 1.20. The van der Waals surface area contributed by atoms with Crippen LogP contribution in [-0.2, 0) is 22.7 Å². The number of aromatic nitrogens is 4. The number of carbonyl (C=O) groups is 2. The zero-order chi connectivity index (χ0) is 26.5. The highest BCUT2D eigenvalue weighted by Crippen LogP contribution is 2.30. The molecule has 5 aromatic rings. The van der Waals surface area contributed by atoms with Crippen molar-refractivity contribution in [1.29, 1.82) is 0 Å². The van der Waals surface area contributed by atoms with E-state index in [9.17, 15) is 14.0 Å². The average molecular weight is 531 g/mol. The SMILES string of the molecule is Cc1ccc(C(C(=O)NCc2ccc(F)cc2)N(C(=O)Cn2nnc(-c3cccs3)n2)c2ccccc2)o1. The Bertz CT molecular complexity index is 1520. The Morgan fingerprint density at radius 1 is 1.05 bits per heavy atom. The number of hydrogen-bond donors (Lipinski definition) is 1. The number of furan rings is 1. The fourth-order valence-corrected chi connectivity index (χ4v) is 4.55. The number of para-hydroxylation sites is 1. The van der Waals surface area contributed by atoms with Crippen LogP contribution in [0.25, 0.3) is 10.7 Å². The normalized spacial score (nSPS) is 11.7. The van der Waals surface area contributed by atoms with E-state index in [0.29, 0.717) is 28.6 Å². The molecule has 0 aliphatic carbocycles. The Hall–Kier alpha value is -4.64. The second-order valence-electron chi connectivity index (χ2n) is 8.42. The number of anilines is 1. The fourth-order valence-electron chi connectivity index (χ4n) is 3.90. The lowest BCUT2D eigenvalue weighted by molar-refractivity contribution is -0.127. The molecular weight excluding hydrogens is 507 g/mol. The summed E-state index contributed by atoms with van der Waals surface area (Å²) in [6, 6.07) is 20.7. The fraction of sp³-hybridized carbons (Fsp3) is 0.148. The molecule has 0 bridgehead atoms. The molecule has 5 rings (SSSR count). The molecule has 38 heavy (non-hydrogen) atoms. The van der Waals surface area contributed by atoms with Crippen molar-refractivity contribution >= 4 is 28.8 Å². The minimum atomic E-state index is -1.13. The molecule has 0 saturated carbocycles. The highest BCUT2D eigenvalue weighted by molar-refractivity contribution is 7.13. The Morgan fingerprint density at radius 3 is 2.53 bits per heavy atom. The third-order valence-corrected chi connectivity index (χ3v) is 6.56. The third-order valence-electron chi connectivity index (χ3n) is 5.69. The van der Waals surface area contributed by atoms with Gasteiger partial charge >= 0.3 is 0 Å². The van der Waals surface area contributed by atoms with E-state index in [0.717, 1.165) is 4.88 Å². The van der Waals surface area contributed by atoms with Crippen LogP contribution in [0.15, 0.2) is 88.7 Å². The summed E-state index contributed by atoms with van der Waals surface area (Å²) < 4.78 is 19.2. The van der Waals surface area contributed by atoms with Gasteiger partial charge in [0.15, 0.2) is 6.04 Å². The highest BCUT2D eigenvalue weighted by atomic mass is 32.1. The Kier molecular flexibility index (Phi) is 7.36. The quantitative estimate of drug-likeness (QED) is 0.300. The van der Waals surface area contributed by atoms with Crippen LogP contribution in [-0.4, -0.2) is 32.0 Å². The molecule has 0 spiro atoms. The van der Waals surface area contributed by atoms with Crippen molar-refractivity contribution in [3.8, 4) is 10.7 Å². The highest BCUT2D eigenvalue weighted by Gasteiger charge is 2.35. The Labute approximate surface area is 221 Å². The molecule has 2 aromatic carbocycles. The van der Waals surface area contributed by atoms with E-state index >= 15 is 0 Å². The number of amides is 2. The summed E-state index contributed by atoms with van der Waals surface area (Å²) in [4.78, 5) is 30.8. The number of rotatable bonds is 9. The predicted octanol–water partition coefficient (Wildman–Crippen LogP) is 4.53. The maximum Gasteiger partial charge on any atom is 0.251 e. The van der Waals surface area contributed by atoms with Crippen LogP contribution >= 0.6 is 11.3 Å². The molecule has 0 radical (unpaired) electrons. The van der Waals surface area contributed by atoms with Crippen molar-refractivity contribution in [2.24, 2.45) is 0 Å². The number of tetrazole rings is 1. The number of hydrogen-bond acceptors (Lipinski definition) is 7. The molecule has 0 aliphatic heterocycles. The van der Waals surface area contributed by atoms with Crippen LogP contribution < -0.4 is 10.2 Å². The topological polar surface area (TPSA) is 106 Å². The predicted molar refractivity (Wildman–Crippen MR) is 139 cm³/mol. The standard InChI is InChI=1S/C27H23FN6O3S/c1-18-9-14-22(37-18)25(27(36)29-16-19-10-12-20(28)13-11-19)34(21-6-3-2-4-7-21)24(35)17-33-31-26(30-32-33)23-8-5-15-38-23/h2-15,25H,16-17H2,1H3,(H,29,36). The molecule has 2 amide bonds. The molecule has 0 saturated heterocycles. The summed E-state index contributed by atoms with van der Waals surface area (Å²) >= 11 is 1.46.